The number of piperazine rings is 1. The molecular formula is C14H21N3O4. The van der Waals surface area contributed by atoms with Crippen LogP contribution >= 0.6 is 0 Å². The second kappa shape index (κ2) is 4.10. The molecule has 5 rings (SSSR count). The van der Waals surface area contributed by atoms with Crippen LogP contribution in [0.25, 0.3) is 0 Å². The third kappa shape index (κ3) is 1.56. The summed E-state index contributed by atoms with van der Waals surface area (Å²) in [5.41, 5.74) is -0.474. The van der Waals surface area contributed by atoms with Gasteiger partial charge in [0.05, 0.1) is 13.2 Å². The lowest BCUT2D eigenvalue weighted by atomic mass is 9.37. The van der Waals surface area contributed by atoms with E-state index in [1.807, 2.05) is 9.80 Å². The van der Waals surface area contributed by atoms with Gasteiger partial charge in [0.25, 0.3) is 0 Å². The number of carbonyl (C=O) groups excluding carboxylic acids is 2. The number of rotatable bonds is 3. The molecule has 5 aliphatic rings. The molecular weight excluding hydrogens is 274 g/mol. The molecule has 2 heterocycles. The van der Waals surface area contributed by atoms with Crippen molar-refractivity contribution in [1.82, 2.24) is 15.1 Å². The fraction of sp³-hybridized carbons (Fsp3) is 0.857. The van der Waals surface area contributed by atoms with E-state index in [9.17, 15) is 14.7 Å². The Morgan fingerprint density at radius 2 is 2.19 bits per heavy atom. The van der Waals surface area contributed by atoms with E-state index in [0.29, 0.717) is 0 Å². The monoisotopic (exact) mass is 295 g/mol. The van der Waals surface area contributed by atoms with Gasteiger partial charge in [-0.15, -0.1) is 0 Å². The van der Waals surface area contributed by atoms with Crippen molar-refractivity contribution in [2.45, 2.75) is 36.9 Å². The van der Waals surface area contributed by atoms with Gasteiger partial charge in [-0.2, -0.15) is 0 Å². The average Bonchev–Trinajstić information content (AvgIpc) is 2.73. The highest BCUT2D eigenvalue weighted by molar-refractivity contribution is 5.80. The number of nitrogens with zero attached hydrogens (tertiary/aromatic N) is 2. The molecule has 2 aliphatic heterocycles. The van der Waals surface area contributed by atoms with Crippen LogP contribution in [0.5, 0.6) is 0 Å². The van der Waals surface area contributed by atoms with E-state index < -0.39 is 12.1 Å². The fourth-order valence-corrected chi connectivity index (χ4v) is 4.76. The molecule has 7 nitrogen and oxygen atoms in total. The molecule has 7 heteroatoms. The molecule has 0 aromatic rings. The van der Waals surface area contributed by atoms with Gasteiger partial charge >= 0.3 is 12.0 Å². The number of carbonyl (C=O) groups is 2. The first-order valence-electron chi connectivity index (χ1n) is 7.56. The van der Waals surface area contributed by atoms with Gasteiger partial charge in [-0.1, -0.05) is 0 Å². The highest BCUT2D eigenvalue weighted by Gasteiger charge is 2.75. The molecule has 0 aromatic carbocycles. The first-order chi connectivity index (χ1) is 10.0. The number of fused-ring (bicyclic) bond motifs is 1. The topological polar surface area (TPSA) is 82.1 Å². The Balaban J connectivity index is 1.45. The molecule has 2 bridgehead atoms. The molecule has 2 N–H and O–H groups in total. The maximum absolute atomic E-state index is 12.5. The van der Waals surface area contributed by atoms with E-state index in [1.54, 1.807) is 0 Å². The normalized spacial score (nSPS) is 42.0. The van der Waals surface area contributed by atoms with Crippen LogP contribution in [0.4, 0.5) is 4.79 Å². The summed E-state index contributed by atoms with van der Waals surface area (Å²) in [6, 6.07) is 0.393. The molecule has 0 aromatic heterocycles. The summed E-state index contributed by atoms with van der Waals surface area (Å²) in [5, 5.41) is 13.4. The Labute approximate surface area is 123 Å². The van der Waals surface area contributed by atoms with Crippen LogP contribution in [0.3, 0.4) is 0 Å². The lowest BCUT2D eigenvalue weighted by molar-refractivity contribution is -0.250. The van der Waals surface area contributed by atoms with Crippen molar-refractivity contribution in [3.05, 3.63) is 0 Å². The van der Waals surface area contributed by atoms with Crippen molar-refractivity contribution in [3.63, 3.8) is 0 Å². The van der Waals surface area contributed by atoms with E-state index in [0.717, 1.165) is 45.4 Å². The van der Waals surface area contributed by atoms with E-state index in [1.165, 1.54) is 7.11 Å². The minimum Gasteiger partial charge on any atom is -0.467 e. The number of hydrogen-bond donors (Lipinski definition) is 2. The highest BCUT2D eigenvalue weighted by Crippen LogP contribution is 2.71. The molecule has 2 unspecified atom stereocenters. The molecule has 5 fully saturated rings. The highest BCUT2D eigenvalue weighted by atomic mass is 16.5. The van der Waals surface area contributed by atoms with Gasteiger partial charge < -0.3 is 25.0 Å². The van der Waals surface area contributed by atoms with Crippen molar-refractivity contribution in [1.29, 1.82) is 0 Å². The van der Waals surface area contributed by atoms with E-state index in [4.69, 9.17) is 0 Å². The number of hydrogen-bond acceptors (Lipinski definition) is 5. The van der Waals surface area contributed by atoms with Crippen LogP contribution in [0, 0.1) is 5.41 Å². The Kier molecular flexibility index (Phi) is 2.60. The van der Waals surface area contributed by atoms with Crippen LogP contribution in [-0.2, 0) is 9.53 Å². The van der Waals surface area contributed by atoms with E-state index in [-0.39, 0.29) is 23.0 Å². The number of methoxy groups -OCH3 is 1. The van der Waals surface area contributed by atoms with Crippen molar-refractivity contribution in [3.8, 4) is 0 Å². The standard InChI is InChI=1S/C14H21N3O4/c1-21-11(19)10(18)13-6-14(7-13,8-13)17-5-9-4-15-2-3-16(9)12(17)20/h9-10,15,18H,2-8H2,1H3. The molecule has 0 spiro atoms. The minimum absolute atomic E-state index is 0.122. The van der Waals surface area contributed by atoms with Gasteiger partial charge in [0, 0.05) is 37.1 Å². The summed E-state index contributed by atoms with van der Waals surface area (Å²) in [7, 11) is 1.29. The first-order valence-corrected chi connectivity index (χ1v) is 7.56. The number of aliphatic hydroxyl groups is 1. The Hall–Kier alpha value is -1.34. The van der Waals surface area contributed by atoms with Crippen LogP contribution in [0.2, 0.25) is 0 Å². The SMILES string of the molecule is COC(=O)C(O)C12CC(N3CC4CNCCN4C3=O)(C1)C2. The minimum atomic E-state index is -1.05. The van der Waals surface area contributed by atoms with Gasteiger partial charge in [-0.25, -0.2) is 9.59 Å². The Morgan fingerprint density at radius 1 is 1.48 bits per heavy atom. The van der Waals surface area contributed by atoms with Gasteiger partial charge in [0.1, 0.15) is 0 Å². The van der Waals surface area contributed by atoms with E-state index in [2.05, 4.69) is 10.1 Å². The average molecular weight is 295 g/mol. The first kappa shape index (κ1) is 13.3. The van der Waals surface area contributed by atoms with Gasteiger partial charge in [-0.05, 0) is 19.3 Å². The summed E-state index contributed by atoms with van der Waals surface area (Å²) in [6.45, 7) is 3.24. The predicted octanol–water partition coefficient (Wildman–Crippen LogP) is -0.848. The number of urea groups is 1. The third-order valence-corrected chi connectivity index (χ3v) is 5.84. The number of aliphatic hydroxyl groups excluding tert-OH is 1. The van der Waals surface area contributed by atoms with Crippen LogP contribution in [-0.4, -0.2) is 77.9 Å². The van der Waals surface area contributed by atoms with Gasteiger partial charge in [0.2, 0.25) is 0 Å². The summed E-state index contributed by atoms with van der Waals surface area (Å²) in [5.74, 6) is -0.558. The molecule has 2 amide bonds. The number of ether oxygens (including phenoxy) is 1. The van der Waals surface area contributed by atoms with Crippen molar-refractivity contribution in [2.24, 2.45) is 5.41 Å². The summed E-state index contributed by atoms with van der Waals surface area (Å²) in [6.07, 6.45) is 1.11. The van der Waals surface area contributed by atoms with Crippen LogP contribution in [0.1, 0.15) is 19.3 Å². The zero-order chi connectivity index (χ0) is 14.8. The second-order valence-electron chi connectivity index (χ2n) is 6.99. The molecule has 0 radical (unpaired) electrons. The molecule has 3 saturated carbocycles. The zero-order valence-electron chi connectivity index (χ0n) is 12.2. The van der Waals surface area contributed by atoms with E-state index >= 15 is 0 Å². The quantitative estimate of drug-likeness (QED) is 0.663. The summed E-state index contributed by atoms with van der Waals surface area (Å²) < 4.78 is 4.63. The number of esters is 1. The Bertz CT molecular complexity index is 489. The predicted molar refractivity (Wildman–Crippen MR) is 72.5 cm³/mol. The van der Waals surface area contributed by atoms with Crippen LogP contribution in [0.15, 0.2) is 0 Å². The summed E-state index contributed by atoms with van der Waals surface area (Å²) in [4.78, 5) is 28.0. The molecule has 116 valence electrons. The maximum Gasteiger partial charge on any atom is 0.335 e. The molecule has 2 atom stereocenters. The smallest absolute Gasteiger partial charge is 0.335 e. The lowest BCUT2D eigenvalue weighted by Gasteiger charge is -2.73. The number of nitrogens with one attached hydrogen (secondary N) is 1. The largest absolute Gasteiger partial charge is 0.467 e. The number of amides is 2. The second-order valence-corrected chi connectivity index (χ2v) is 6.99. The fourth-order valence-electron chi connectivity index (χ4n) is 4.76. The zero-order valence-corrected chi connectivity index (χ0v) is 12.2. The molecule has 21 heavy (non-hydrogen) atoms. The third-order valence-electron chi connectivity index (χ3n) is 5.84. The lowest BCUT2D eigenvalue weighted by Crippen LogP contribution is -2.79. The van der Waals surface area contributed by atoms with Crippen molar-refractivity contribution < 1.29 is 19.4 Å². The maximum atomic E-state index is 12.5. The molecule has 3 aliphatic carbocycles. The van der Waals surface area contributed by atoms with Crippen molar-refractivity contribution >= 4 is 12.0 Å². The van der Waals surface area contributed by atoms with Crippen molar-refractivity contribution in [2.75, 3.05) is 33.3 Å². The van der Waals surface area contributed by atoms with Gasteiger partial charge in [-0.3, -0.25) is 0 Å². The summed E-state index contributed by atoms with van der Waals surface area (Å²) >= 11 is 0. The Morgan fingerprint density at radius 3 is 2.81 bits per heavy atom. The van der Waals surface area contributed by atoms with Crippen LogP contribution < -0.4 is 5.32 Å². The molecule has 2 saturated heterocycles. The van der Waals surface area contributed by atoms with Gasteiger partial charge in [0.15, 0.2) is 6.10 Å².